The summed E-state index contributed by atoms with van der Waals surface area (Å²) in [6.45, 7) is 3.77. The van der Waals surface area contributed by atoms with Gasteiger partial charge in [-0.3, -0.25) is 4.79 Å². The zero-order valence-electron chi connectivity index (χ0n) is 16.4. The maximum absolute atomic E-state index is 13.8. The first kappa shape index (κ1) is 23.3. The summed E-state index contributed by atoms with van der Waals surface area (Å²) in [4.78, 5) is 13.7. The summed E-state index contributed by atoms with van der Waals surface area (Å²) in [5.74, 6) is -2.98. The van der Waals surface area contributed by atoms with Crippen LogP contribution < -0.4 is 10.2 Å². The Bertz CT molecular complexity index is 1130. The van der Waals surface area contributed by atoms with Crippen LogP contribution in [0.3, 0.4) is 0 Å². The highest BCUT2D eigenvalue weighted by atomic mass is 35.5. The lowest BCUT2D eigenvalue weighted by Gasteiger charge is -2.26. The van der Waals surface area contributed by atoms with Crippen molar-refractivity contribution in [2.24, 2.45) is 0 Å². The van der Waals surface area contributed by atoms with Crippen molar-refractivity contribution in [3.05, 3.63) is 101 Å². The number of anilines is 3. The van der Waals surface area contributed by atoms with Crippen molar-refractivity contribution >= 4 is 34.6 Å². The maximum atomic E-state index is 13.8. The van der Waals surface area contributed by atoms with E-state index in [0.29, 0.717) is 5.69 Å². The predicted molar refractivity (Wildman–Crippen MR) is 114 cm³/mol. The van der Waals surface area contributed by atoms with Gasteiger partial charge < -0.3 is 10.2 Å². The molecular formula is C23H16ClF5N2O. The van der Waals surface area contributed by atoms with Gasteiger partial charge in [-0.1, -0.05) is 23.7 Å². The molecule has 0 bridgehead atoms. The fraction of sp³-hybridized carbons (Fsp3) is 0.0870. The minimum Gasteiger partial charge on any atom is -0.336 e. The number of nitrogens with zero attached hydrogens (tertiary/aromatic N) is 1. The number of amides is 1. The minimum absolute atomic E-state index is 0.104. The van der Waals surface area contributed by atoms with Gasteiger partial charge in [0.2, 0.25) is 0 Å². The summed E-state index contributed by atoms with van der Waals surface area (Å²) in [5.41, 5.74) is -0.773. The molecule has 0 atom stereocenters. The van der Waals surface area contributed by atoms with Crippen LogP contribution in [-0.4, -0.2) is 12.5 Å². The van der Waals surface area contributed by atoms with Crippen molar-refractivity contribution in [1.82, 2.24) is 0 Å². The summed E-state index contributed by atoms with van der Waals surface area (Å²) in [7, 11) is 0. The van der Waals surface area contributed by atoms with Crippen molar-refractivity contribution in [3.63, 3.8) is 0 Å². The van der Waals surface area contributed by atoms with Gasteiger partial charge in [-0.15, -0.1) is 6.58 Å². The number of halogens is 6. The summed E-state index contributed by atoms with van der Waals surface area (Å²) in [6.07, 6.45) is -3.05. The van der Waals surface area contributed by atoms with Gasteiger partial charge in [0.1, 0.15) is 17.2 Å². The fourth-order valence-corrected chi connectivity index (χ4v) is 3.22. The average molecular weight is 467 g/mol. The van der Waals surface area contributed by atoms with Crippen molar-refractivity contribution in [3.8, 4) is 0 Å². The number of carbonyl (C=O) groups is 1. The van der Waals surface area contributed by atoms with Crippen LogP contribution in [0, 0.1) is 11.6 Å². The number of rotatable bonds is 6. The Hall–Kier alpha value is -3.39. The number of hydrogen-bond donors (Lipinski definition) is 1. The van der Waals surface area contributed by atoms with E-state index in [-0.39, 0.29) is 22.9 Å². The van der Waals surface area contributed by atoms with Gasteiger partial charge in [-0.2, -0.15) is 13.2 Å². The molecule has 166 valence electrons. The Kier molecular flexibility index (Phi) is 6.84. The molecule has 0 saturated heterocycles. The number of carbonyl (C=O) groups excluding carboxylic acids is 1. The monoisotopic (exact) mass is 466 g/mol. The summed E-state index contributed by atoms with van der Waals surface area (Å²) in [6, 6.07) is 12.0. The van der Waals surface area contributed by atoms with Gasteiger partial charge >= 0.3 is 6.18 Å². The van der Waals surface area contributed by atoms with E-state index in [1.54, 1.807) is 0 Å². The topological polar surface area (TPSA) is 32.3 Å². The molecule has 0 heterocycles. The zero-order chi connectivity index (χ0) is 23.5. The summed E-state index contributed by atoms with van der Waals surface area (Å²) >= 11 is 6.15. The Balaban J connectivity index is 1.89. The zero-order valence-corrected chi connectivity index (χ0v) is 17.1. The van der Waals surface area contributed by atoms with Crippen LogP contribution in [0.1, 0.15) is 15.9 Å². The molecule has 0 aliphatic rings. The average Bonchev–Trinajstić information content (AvgIpc) is 2.72. The van der Waals surface area contributed by atoms with Gasteiger partial charge in [-0.05, 0) is 54.6 Å². The third-order valence-corrected chi connectivity index (χ3v) is 4.82. The normalized spacial score (nSPS) is 11.2. The third-order valence-electron chi connectivity index (χ3n) is 4.50. The van der Waals surface area contributed by atoms with E-state index >= 15 is 0 Å². The number of benzene rings is 3. The molecule has 3 rings (SSSR count). The third kappa shape index (κ3) is 5.08. The van der Waals surface area contributed by atoms with E-state index in [2.05, 4.69) is 11.9 Å². The molecule has 0 aliphatic carbocycles. The van der Waals surface area contributed by atoms with Crippen LogP contribution >= 0.6 is 11.6 Å². The molecule has 0 spiro atoms. The Morgan fingerprint density at radius 3 is 2.22 bits per heavy atom. The molecule has 3 aromatic rings. The second-order valence-electron chi connectivity index (χ2n) is 6.66. The molecule has 9 heteroatoms. The smallest absolute Gasteiger partial charge is 0.336 e. The largest absolute Gasteiger partial charge is 0.416 e. The van der Waals surface area contributed by atoms with E-state index in [0.717, 1.165) is 36.4 Å². The Morgan fingerprint density at radius 1 is 1.03 bits per heavy atom. The van der Waals surface area contributed by atoms with Gasteiger partial charge in [0, 0.05) is 17.9 Å². The standard InChI is InChI=1S/C23H16ClF5N2O/c1-2-12-31(20-13-14(23(27,28)29)6-11-17(20)24)16-9-7-15(8-10-16)30-22(32)21-18(25)4-3-5-19(21)26/h2-11,13H,1,12H2,(H,30,32). The van der Waals surface area contributed by atoms with Crippen molar-refractivity contribution < 1.29 is 26.7 Å². The lowest BCUT2D eigenvalue weighted by molar-refractivity contribution is -0.137. The van der Waals surface area contributed by atoms with Crippen LogP contribution in [0.4, 0.5) is 39.0 Å². The fourth-order valence-electron chi connectivity index (χ4n) is 3.00. The quantitative estimate of drug-likeness (QED) is 0.307. The molecule has 0 saturated carbocycles. The first-order chi connectivity index (χ1) is 15.1. The highest BCUT2D eigenvalue weighted by Gasteiger charge is 2.31. The van der Waals surface area contributed by atoms with Gasteiger partial charge in [0.25, 0.3) is 5.91 Å². The SMILES string of the molecule is C=CCN(c1ccc(NC(=O)c2c(F)cccc2F)cc1)c1cc(C(F)(F)F)ccc1Cl. The van der Waals surface area contributed by atoms with Crippen LogP contribution in [0.15, 0.2) is 73.3 Å². The molecule has 0 unspecified atom stereocenters. The lowest BCUT2D eigenvalue weighted by Crippen LogP contribution is -2.19. The first-order valence-corrected chi connectivity index (χ1v) is 9.60. The van der Waals surface area contributed by atoms with Crippen molar-refractivity contribution in [1.29, 1.82) is 0 Å². The van der Waals surface area contributed by atoms with Gasteiger partial charge in [0.05, 0.1) is 16.3 Å². The lowest BCUT2D eigenvalue weighted by atomic mass is 10.1. The summed E-state index contributed by atoms with van der Waals surface area (Å²) < 4.78 is 67.0. The van der Waals surface area contributed by atoms with E-state index < -0.39 is 34.8 Å². The Labute approximate surface area is 185 Å². The maximum Gasteiger partial charge on any atom is 0.416 e. The van der Waals surface area contributed by atoms with Crippen LogP contribution in [-0.2, 0) is 6.18 Å². The van der Waals surface area contributed by atoms with Gasteiger partial charge in [-0.25, -0.2) is 8.78 Å². The molecule has 0 radical (unpaired) electrons. The van der Waals surface area contributed by atoms with Crippen molar-refractivity contribution in [2.45, 2.75) is 6.18 Å². The van der Waals surface area contributed by atoms with Gasteiger partial charge in [0.15, 0.2) is 0 Å². The molecule has 32 heavy (non-hydrogen) atoms. The molecular weight excluding hydrogens is 451 g/mol. The highest BCUT2D eigenvalue weighted by Crippen LogP contribution is 2.38. The molecule has 3 nitrogen and oxygen atoms in total. The van der Waals surface area contributed by atoms with Crippen molar-refractivity contribution in [2.75, 3.05) is 16.8 Å². The van der Waals surface area contributed by atoms with Crippen LogP contribution in [0.5, 0.6) is 0 Å². The van der Waals surface area contributed by atoms with E-state index in [1.807, 2.05) is 0 Å². The number of alkyl halides is 3. The van der Waals surface area contributed by atoms with E-state index in [9.17, 15) is 26.7 Å². The second kappa shape index (κ2) is 9.40. The van der Waals surface area contributed by atoms with Crippen LogP contribution in [0.2, 0.25) is 5.02 Å². The molecule has 3 aromatic carbocycles. The van der Waals surface area contributed by atoms with Crippen LogP contribution in [0.25, 0.3) is 0 Å². The molecule has 0 fully saturated rings. The van der Waals surface area contributed by atoms with E-state index in [1.165, 1.54) is 35.2 Å². The Morgan fingerprint density at radius 2 is 1.66 bits per heavy atom. The second-order valence-corrected chi connectivity index (χ2v) is 7.07. The molecule has 1 N–H and O–H groups in total. The number of hydrogen-bond acceptors (Lipinski definition) is 2. The number of nitrogens with one attached hydrogen (secondary N) is 1. The molecule has 1 amide bonds. The predicted octanol–water partition coefficient (Wildman–Crippen LogP) is 7.21. The first-order valence-electron chi connectivity index (χ1n) is 9.22. The molecule has 0 aromatic heterocycles. The van der Waals surface area contributed by atoms with E-state index in [4.69, 9.17) is 11.6 Å². The highest BCUT2D eigenvalue weighted by molar-refractivity contribution is 6.33. The molecule has 0 aliphatic heterocycles. The summed E-state index contributed by atoms with van der Waals surface area (Å²) in [5, 5.41) is 2.49. The minimum atomic E-state index is -4.55.